The van der Waals surface area contributed by atoms with Crippen LogP contribution in [0, 0.1) is 17.0 Å². The summed E-state index contributed by atoms with van der Waals surface area (Å²) in [6.07, 6.45) is 2.30. The summed E-state index contributed by atoms with van der Waals surface area (Å²) >= 11 is 1.42. The van der Waals surface area contributed by atoms with Gasteiger partial charge in [0.2, 0.25) is 5.13 Å². The average molecular weight is 320 g/mol. The van der Waals surface area contributed by atoms with Gasteiger partial charge in [-0.3, -0.25) is 10.1 Å². The van der Waals surface area contributed by atoms with E-state index in [-0.39, 0.29) is 5.69 Å². The van der Waals surface area contributed by atoms with Gasteiger partial charge in [-0.2, -0.15) is 4.37 Å². The number of pyridine rings is 1. The Morgan fingerprint density at radius 3 is 2.64 bits per heavy atom. The van der Waals surface area contributed by atoms with Crippen molar-refractivity contribution in [2.45, 2.75) is 13.3 Å². The number of nitrogens with zero attached hydrogens (tertiary/aromatic N) is 6. The molecule has 0 unspecified atom stereocenters. The van der Waals surface area contributed by atoms with Crippen molar-refractivity contribution >= 4 is 28.2 Å². The van der Waals surface area contributed by atoms with E-state index in [1.165, 1.54) is 23.8 Å². The second-order valence-corrected chi connectivity index (χ2v) is 5.81. The first kappa shape index (κ1) is 14.6. The highest BCUT2D eigenvalue weighted by atomic mass is 32.1. The smallest absolute Gasteiger partial charge is 0.287 e. The van der Waals surface area contributed by atoms with Crippen LogP contribution in [0.5, 0.6) is 0 Å². The number of anilines is 2. The minimum atomic E-state index is -0.432. The monoisotopic (exact) mass is 320 g/mol. The summed E-state index contributed by atoms with van der Waals surface area (Å²) in [6.45, 7) is 5.35. The molecule has 9 heteroatoms. The van der Waals surface area contributed by atoms with E-state index >= 15 is 0 Å². The van der Waals surface area contributed by atoms with E-state index in [0.29, 0.717) is 0 Å². The van der Waals surface area contributed by atoms with Crippen molar-refractivity contribution in [3.8, 4) is 0 Å². The minimum Gasteiger partial charge on any atom is -0.355 e. The third kappa shape index (κ3) is 3.14. The predicted octanol–water partition coefficient (Wildman–Crippen LogP) is 1.87. The van der Waals surface area contributed by atoms with Crippen molar-refractivity contribution in [1.82, 2.24) is 14.3 Å². The molecule has 0 radical (unpaired) electrons. The van der Waals surface area contributed by atoms with Crippen molar-refractivity contribution in [3.63, 3.8) is 0 Å². The Hall–Kier alpha value is -2.29. The van der Waals surface area contributed by atoms with Crippen LogP contribution in [0.1, 0.15) is 12.2 Å². The van der Waals surface area contributed by atoms with Crippen molar-refractivity contribution in [2.75, 3.05) is 36.0 Å². The molecule has 0 bridgehead atoms. The molecule has 3 rings (SSSR count). The molecule has 8 nitrogen and oxygen atoms in total. The maximum atomic E-state index is 10.7. The molecule has 22 heavy (non-hydrogen) atoms. The summed E-state index contributed by atoms with van der Waals surface area (Å²) in [4.78, 5) is 23.3. The van der Waals surface area contributed by atoms with Crippen molar-refractivity contribution in [1.29, 1.82) is 0 Å². The third-order valence-electron chi connectivity index (χ3n) is 3.55. The predicted molar refractivity (Wildman–Crippen MR) is 84.6 cm³/mol. The molecule has 0 aliphatic carbocycles. The maximum absolute atomic E-state index is 10.7. The molecule has 1 fully saturated rings. The Morgan fingerprint density at radius 1 is 1.23 bits per heavy atom. The fourth-order valence-corrected chi connectivity index (χ4v) is 3.15. The zero-order chi connectivity index (χ0) is 15.5. The normalized spacial score (nSPS) is 15.7. The third-order valence-corrected chi connectivity index (χ3v) is 4.42. The van der Waals surface area contributed by atoms with E-state index < -0.39 is 4.92 Å². The summed E-state index contributed by atoms with van der Waals surface area (Å²) in [6, 6.07) is 3.21. The van der Waals surface area contributed by atoms with Gasteiger partial charge in [-0.1, -0.05) is 0 Å². The number of aryl methyl sites for hydroxylation is 1. The molecule has 3 heterocycles. The van der Waals surface area contributed by atoms with Crippen LogP contribution < -0.4 is 9.80 Å². The number of hydrogen-bond donors (Lipinski definition) is 0. The van der Waals surface area contributed by atoms with E-state index in [2.05, 4.69) is 24.1 Å². The van der Waals surface area contributed by atoms with Gasteiger partial charge in [-0.15, -0.1) is 0 Å². The van der Waals surface area contributed by atoms with Gasteiger partial charge in [0.25, 0.3) is 5.69 Å². The lowest BCUT2D eigenvalue weighted by Crippen LogP contribution is -2.31. The van der Waals surface area contributed by atoms with Crippen molar-refractivity contribution in [2.24, 2.45) is 0 Å². The standard InChI is InChI=1S/C13H16N6O2S/c1-10-15-13(22-16-10)18-6-2-5-17(7-8-18)12-4-3-11(9-14-12)19(20)21/h3-4,9H,2,5-8H2,1H3. The molecule has 116 valence electrons. The Kier molecular flexibility index (Phi) is 4.14. The highest BCUT2D eigenvalue weighted by Crippen LogP contribution is 2.21. The Labute approximate surface area is 131 Å². The van der Waals surface area contributed by atoms with Gasteiger partial charge < -0.3 is 9.80 Å². The van der Waals surface area contributed by atoms with Crippen LogP contribution in [-0.2, 0) is 0 Å². The molecule has 0 amide bonds. The first-order valence-corrected chi connectivity index (χ1v) is 7.81. The summed E-state index contributed by atoms with van der Waals surface area (Å²) in [5.41, 5.74) is 0.0181. The van der Waals surface area contributed by atoms with Crippen LogP contribution in [0.3, 0.4) is 0 Å². The van der Waals surface area contributed by atoms with E-state index in [1.54, 1.807) is 6.07 Å². The molecule has 2 aromatic heterocycles. The highest BCUT2D eigenvalue weighted by molar-refractivity contribution is 7.09. The Bertz CT molecular complexity index is 659. The van der Waals surface area contributed by atoms with Crippen molar-refractivity contribution < 1.29 is 4.92 Å². The summed E-state index contributed by atoms with van der Waals surface area (Å²) in [7, 11) is 0. The van der Waals surface area contributed by atoms with Crippen LogP contribution in [-0.4, -0.2) is 45.4 Å². The largest absolute Gasteiger partial charge is 0.355 e. The molecular weight excluding hydrogens is 304 g/mol. The van der Waals surface area contributed by atoms with Gasteiger partial charge in [0.05, 0.1) is 4.92 Å². The van der Waals surface area contributed by atoms with Crippen LogP contribution in [0.2, 0.25) is 0 Å². The fraction of sp³-hybridized carbons (Fsp3) is 0.462. The van der Waals surface area contributed by atoms with Gasteiger partial charge in [-0.25, -0.2) is 9.97 Å². The molecule has 1 saturated heterocycles. The number of rotatable bonds is 3. The van der Waals surface area contributed by atoms with Crippen molar-refractivity contribution in [3.05, 3.63) is 34.3 Å². The minimum absolute atomic E-state index is 0.0181. The summed E-state index contributed by atoms with van der Waals surface area (Å²) in [5.74, 6) is 1.58. The van der Waals surface area contributed by atoms with Crippen LogP contribution in [0.4, 0.5) is 16.6 Å². The number of nitro groups is 1. The molecule has 0 N–H and O–H groups in total. The molecule has 0 aromatic carbocycles. The molecule has 1 aliphatic heterocycles. The second-order valence-electron chi connectivity index (χ2n) is 5.08. The quantitative estimate of drug-likeness (QED) is 0.630. The zero-order valence-electron chi connectivity index (χ0n) is 12.2. The second kappa shape index (κ2) is 6.22. The first-order valence-electron chi connectivity index (χ1n) is 7.04. The first-order chi connectivity index (χ1) is 10.6. The van der Waals surface area contributed by atoms with Crippen LogP contribution in [0.25, 0.3) is 0 Å². The van der Waals surface area contributed by atoms with Crippen LogP contribution >= 0.6 is 11.5 Å². The Morgan fingerprint density at radius 2 is 2.00 bits per heavy atom. The van der Waals surface area contributed by atoms with E-state index in [0.717, 1.165) is 49.4 Å². The topological polar surface area (TPSA) is 88.3 Å². The van der Waals surface area contributed by atoms with Gasteiger partial charge in [0.15, 0.2) is 0 Å². The van der Waals surface area contributed by atoms with Gasteiger partial charge in [-0.05, 0) is 19.4 Å². The van der Waals surface area contributed by atoms with Gasteiger partial charge in [0.1, 0.15) is 17.8 Å². The zero-order valence-corrected chi connectivity index (χ0v) is 13.0. The maximum Gasteiger partial charge on any atom is 0.287 e. The highest BCUT2D eigenvalue weighted by Gasteiger charge is 2.19. The summed E-state index contributed by atoms with van der Waals surface area (Å²) < 4.78 is 4.22. The van der Waals surface area contributed by atoms with E-state index in [4.69, 9.17) is 0 Å². The number of aromatic nitrogens is 3. The molecular formula is C13H16N6O2S. The SMILES string of the molecule is Cc1nsc(N2CCCN(c3ccc([N+](=O)[O-])cn3)CC2)n1. The molecule has 1 aliphatic rings. The lowest BCUT2D eigenvalue weighted by molar-refractivity contribution is -0.385. The van der Waals surface area contributed by atoms with Gasteiger partial charge in [0, 0.05) is 43.8 Å². The van der Waals surface area contributed by atoms with E-state index in [9.17, 15) is 10.1 Å². The average Bonchev–Trinajstić information content (AvgIpc) is 2.81. The number of hydrogen-bond acceptors (Lipinski definition) is 8. The van der Waals surface area contributed by atoms with E-state index in [1.807, 2.05) is 6.92 Å². The molecule has 0 atom stereocenters. The fourth-order valence-electron chi connectivity index (χ4n) is 2.43. The molecule has 2 aromatic rings. The molecule has 0 spiro atoms. The Balaban J connectivity index is 1.68. The lowest BCUT2D eigenvalue weighted by atomic mass is 10.3. The molecule has 0 saturated carbocycles. The van der Waals surface area contributed by atoms with Crippen LogP contribution in [0.15, 0.2) is 18.3 Å². The summed E-state index contributed by atoms with van der Waals surface area (Å²) in [5, 5.41) is 11.6. The lowest BCUT2D eigenvalue weighted by Gasteiger charge is -2.22. The van der Waals surface area contributed by atoms with Gasteiger partial charge >= 0.3 is 0 Å².